The average Bonchev–Trinajstić information content (AvgIpc) is 2.78. The molecule has 0 aliphatic heterocycles. The Morgan fingerprint density at radius 1 is 0.714 bits per heavy atom. The van der Waals surface area contributed by atoms with Crippen molar-refractivity contribution in [1.82, 2.24) is 0 Å². The van der Waals surface area contributed by atoms with Gasteiger partial charge in [-0.25, -0.2) is 4.79 Å². The van der Waals surface area contributed by atoms with E-state index < -0.39 is 6.04 Å². The van der Waals surface area contributed by atoms with Crippen LogP contribution in [-0.4, -0.2) is 36.2 Å². The number of aryl methyl sites for hydroxylation is 2. The van der Waals surface area contributed by atoms with Crippen LogP contribution in [-0.2, 0) is 19.1 Å². The first-order valence-corrected chi connectivity index (χ1v) is 12.0. The molecule has 0 saturated heterocycles. The number of carbonyl (C=O) groups is 2. The van der Waals surface area contributed by atoms with Crippen LogP contribution in [0.25, 0.3) is 0 Å². The molecule has 0 amide bonds. The third-order valence-corrected chi connectivity index (χ3v) is 6.14. The molecule has 0 spiro atoms. The largest absolute Gasteiger partial charge is 0.461 e. The third kappa shape index (κ3) is 10.2. The molecule has 0 aliphatic rings. The highest BCUT2D eigenvalue weighted by atomic mass is 16.5. The van der Waals surface area contributed by atoms with Gasteiger partial charge in [-0.15, -0.1) is 0 Å². The van der Waals surface area contributed by atoms with Gasteiger partial charge in [0.05, 0.1) is 0 Å². The highest BCUT2D eigenvalue weighted by Crippen LogP contribution is 2.25. The van der Waals surface area contributed by atoms with E-state index in [1.807, 2.05) is 38.1 Å². The normalized spacial score (nSPS) is 15.6. The van der Waals surface area contributed by atoms with Gasteiger partial charge >= 0.3 is 11.9 Å². The molecule has 35 heavy (non-hydrogen) atoms. The Bertz CT molecular complexity index is 851. The lowest BCUT2D eigenvalue weighted by Gasteiger charge is -2.23. The lowest BCUT2D eigenvalue weighted by molar-refractivity contribution is -0.403. The molecule has 6 heteroatoms. The molecule has 0 bridgehead atoms. The van der Waals surface area contributed by atoms with Gasteiger partial charge in [-0.3, -0.25) is 4.79 Å². The number of hydrogen-bond acceptors (Lipinski definition) is 5. The second-order valence-corrected chi connectivity index (χ2v) is 9.26. The maximum atomic E-state index is 11.5. The monoisotopic (exact) mass is 486 g/mol. The number of rotatable bonds is 8. The molecule has 0 aromatic heterocycles. The van der Waals surface area contributed by atoms with Gasteiger partial charge in [0, 0.05) is 11.8 Å². The molecule has 6 atom stereocenters. The molecule has 2 rings (SSSR count). The van der Waals surface area contributed by atoms with Crippen LogP contribution in [0.5, 0.6) is 0 Å². The highest BCUT2D eigenvalue weighted by molar-refractivity contribution is 5.75. The predicted octanol–water partition coefficient (Wildman–Crippen LogP) is 4.49. The molecule has 0 saturated carbocycles. The van der Waals surface area contributed by atoms with Crippen LogP contribution >= 0.6 is 0 Å². The van der Waals surface area contributed by atoms with Crippen LogP contribution in [0.2, 0.25) is 0 Å². The van der Waals surface area contributed by atoms with Crippen molar-refractivity contribution in [2.45, 2.75) is 91.5 Å². The van der Waals surface area contributed by atoms with Gasteiger partial charge in [0.15, 0.2) is 6.04 Å². The number of ether oxygens (including phenoxy) is 2. The molecule has 2 aromatic rings. The number of hydrogen-bond donors (Lipinski definition) is 2. The van der Waals surface area contributed by atoms with Gasteiger partial charge in [-0.05, 0) is 63.8 Å². The minimum Gasteiger partial charge on any atom is -0.461 e. The fourth-order valence-corrected chi connectivity index (χ4v) is 3.50. The van der Waals surface area contributed by atoms with E-state index in [-0.39, 0.29) is 49.5 Å². The first kappa shape index (κ1) is 32.3. The van der Waals surface area contributed by atoms with Crippen molar-refractivity contribution < 1.29 is 24.8 Å². The molecule has 0 unspecified atom stereocenters. The van der Waals surface area contributed by atoms with E-state index in [0.29, 0.717) is 0 Å². The first-order chi connectivity index (χ1) is 15.9. The SMILES string of the molecule is Cc1ccccc1[C@H](C)[C@H](C)OC(=O)[C@H](C)N.Cc1ccccc1[C@H](C)[C@H](C)OC(=O)[C@H](C)[NH3+].[CH3-]. The lowest BCUT2D eigenvalue weighted by Crippen LogP contribution is -2.63. The van der Waals surface area contributed by atoms with Crippen molar-refractivity contribution in [3.8, 4) is 0 Å². The number of carbonyl (C=O) groups excluding carboxylic acids is 2. The number of esters is 2. The van der Waals surface area contributed by atoms with E-state index in [0.717, 1.165) is 0 Å². The molecule has 0 heterocycles. The molecule has 5 N–H and O–H groups in total. The van der Waals surface area contributed by atoms with Gasteiger partial charge in [-0.2, -0.15) is 0 Å². The van der Waals surface area contributed by atoms with E-state index in [9.17, 15) is 9.59 Å². The fraction of sp³-hybridized carbons (Fsp3) is 0.483. The summed E-state index contributed by atoms with van der Waals surface area (Å²) in [6.07, 6.45) is -0.303. The minimum atomic E-state index is -0.568. The number of benzene rings is 2. The summed E-state index contributed by atoms with van der Waals surface area (Å²) in [4.78, 5) is 22.9. The number of quaternary nitrogens is 1. The highest BCUT2D eigenvalue weighted by Gasteiger charge is 2.23. The van der Waals surface area contributed by atoms with E-state index >= 15 is 0 Å². The van der Waals surface area contributed by atoms with Crippen molar-refractivity contribution in [2.24, 2.45) is 5.73 Å². The summed E-state index contributed by atoms with van der Waals surface area (Å²) in [6.45, 7) is 15.5. The summed E-state index contributed by atoms with van der Waals surface area (Å²) in [6, 6.07) is 15.4. The topological polar surface area (TPSA) is 106 Å². The zero-order valence-corrected chi connectivity index (χ0v) is 23.0. The molecule has 6 nitrogen and oxygen atoms in total. The van der Waals surface area contributed by atoms with Crippen LogP contribution < -0.4 is 11.5 Å². The van der Waals surface area contributed by atoms with Crippen LogP contribution in [0.15, 0.2) is 48.5 Å². The summed E-state index contributed by atoms with van der Waals surface area (Å²) >= 11 is 0. The predicted molar refractivity (Wildman–Crippen MR) is 143 cm³/mol. The quantitative estimate of drug-likeness (QED) is 0.422. The maximum Gasteiger partial charge on any atom is 0.364 e. The Labute approximate surface area is 212 Å². The molecular formula is C29H46N2O4. The van der Waals surface area contributed by atoms with E-state index in [4.69, 9.17) is 15.2 Å². The van der Waals surface area contributed by atoms with Crippen molar-refractivity contribution in [3.05, 3.63) is 78.2 Å². The first-order valence-electron chi connectivity index (χ1n) is 12.0. The zero-order chi connectivity index (χ0) is 26.0. The van der Waals surface area contributed by atoms with Gasteiger partial charge in [0.1, 0.15) is 18.2 Å². The standard InChI is InChI=1S/2C14H21NO2.CH3/c2*1-9-7-5-6-8-13(9)10(2)12(4)17-14(16)11(3)15;/h2*5-8,10-12H,15H2,1-4H3;1H3/q;;-1/p+1/t2*10-,11+,12+;/m11./s1. The van der Waals surface area contributed by atoms with Crippen molar-refractivity contribution >= 4 is 11.9 Å². The maximum absolute atomic E-state index is 11.5. The summed E-state index contributed by atoms with van der Waals surface area (Å²) < 4.78 is 10.7. The Morgan fingerprint density at radius 2 is 1.06 bits per heavy atom. The number of nitrogens with two attached hydrogens (primary N) is 1. The molecule has 0 aliphatic carbocycles. The summed E-state index contributed by atoms with van der Waals surface area (Å²) in [7, 11) is 0. The molecule has 196 valence electrons. The summed E-state index contributed by atoms with van der Waals surface area (Å²) in [5.41, 5.74) is 14.0. The molecular weight excluding hydrogens is 440 g/mol. The van der Waals surface area contributed by atoms with Crippen LogP contribution in [0, 0.1) is 21.3 Å². The average molecular weight is 487 g/mol. The van der Waals surface area contributed by atoms with Gasteiger partial charge < -0.3 is 28.4 Å². The molecule has 2 aromatic carbocycles. The van der Waals surface area contributed by atoms with E-state index in [2.05, 4.69) is 57.7 Å². The Kier molecular flexibility index (Phi) is 14.1. The van der Waals surface area contributed by atoms with Crippen molar-refractivity contribution in [2.75, 3.05) is 0 Å². The van der Waals surface area contributed by atoms with E-state index in [1.54, 1.807) is 13.8 Å². The second-order valence-electron chi connectivity index (χ2n) is 9.26. The molecule has 0 radical (unpaired) electrons. The Morgan fingerprint density at radius 3 is 1.37 bits per heavy atom. The molecule has 0 fully saturated rings. The summed E-state index contributed by atoms with van der Waals surface area (Å²) in [5.74, 6) is -0.228. The summed E-state index contributed by atoms with van der Waals surface area (Å²) in [5, 5.41) is 0. The van der Waals surface area contributed by atoms with E-state index in [1.165, 1.54) is 22.3 Å². The van der Waals surface area contributed by atoms with Crippen LogP contribution in [0.3, 0.4) is 0 Å². The van der Waals surface area contributed by atoms with Gasteiger partial charge in [0.25, 0.3) is 0 Å². The fourth-order valence-electron chi connectivity index (χ4n) is 3.50. The van der Waals surface area contributed by atoms with Gasteiger partial charge in [-0.1, -0.05) is 62.4 Å². The van der Waals surface area contributed by atoms with Crippen molar-refractivity contribution in [1.29, 1.82) is 0 Å². The smallest absolute Gasteiger partial charge is 0.364 e. The third-order valence-electron chi connectivity index (χ3n) is 6.14. The Balaban J connectivity index is 0.000000642. The van der Waals surface area contributed by atoms with Crippen LogP contribution in [0.1, 0.15) is 75.6 Å². The van der Waals surface area contributed by atoms with Crippen molar-refractivity contribution in [3.63, 3.8) is 0 Å². The van der Waals surface area contributed by atoms with Crippen LogP contribution in [0.4, 0.5) is 0 Å². The Hall–Kier alpha value is -2.70. The zero-order valence-electron chi connectivity index (χ0n) is 23.0. The van der Waals surface area contributed by atoms with Gasteiger partial charge in [0.2, 0.25) is 0 Å². The second kappa shape index (κ2) is 15.3. The lowest BCUT2D eigenvalue weighted by atomic mass is 9.92. The minimum absolute atomic E-state index is 0.